The van der Waals surface area contributed by atoms with E-state index in [4.69, 9.17) is 4.42 Å². The number of benzene rings is 2. The van der Waals surface area contributed by atoms with E-state index in [0.717, 1.165) is 16.5 Å². The molecule has 0 aliphatic heterocycles. The Labute approximate surface area is 116 Å². The van der Waals surface area contributed by atoms with E-state index in [2.05, 4.69) is 5.32 Å². The first-order valence-corrected chi connectivity index (χ1v) is 6.33. The minimum Gasteiger partial charge on any atom is -0.465 e. The number of carbonyl (C=O) groups excluding carboxylic acids is 1. The lowest BCUT2D eigenvalue weighted by atomic mass is 10.1. The standard InChI is InChI=1S/C17H13NO2/c19-17(10-9-16-6-3-11-20-16)18-15-8-7-13-4-1-2-5-14(13)12-15/h1-12H,(H,18,19)/b10-9+. The van der Waals surface area contributed by atoms with Crippen molar-refractivity contribution in [3.63, 3.8) is 0 Å². The van der Waals surface area contributed by atoms with Crippen molar-refractivity contribution in [3.8, 4) is 0 Å². The number of rotatable bonds is 3. The molecule has 0 radical (unpaired) electrons. The molecule has 3 nitrogen and oxygen atoms in total. The van der Waals surface area contributed by atoms with Gasteiger partial charge in [-0.1, -0.05) is 30.3 Å². The van der Waals surface area contributed by atoms with Crippen molar-refractivity contribution in [2.75, 3.05) is 5.32 Å². The maximum Gasteiger partial charge on any atom is 0.248 e. The number of nitrogens with one attached hydrogen (secondary N) is 1. The van der Waals surface area contributed by atoms with Crippen molar-refractivity contribution in [1.82, 2.24) is 0 Å². The first-order chi connectivity index (χ1) is 9.81. The highest BCUT2D eigenvalue weighted by atomic mass is 16.3. The molecule has 3 aromatic rings. The van der Waals surface area contributed by atoms with E-state index >= 15 is 0 Å². The summed E-state index contributed by atoms with van der Waals surface area (Å²) in [6.45, 7) is 0. The molecule has 0 saturated carbocycles. The molecule has 0 bridgehead atoms. The lowest BCUT2D eigenvalue weighted by Crippen LogP contribution is -2.07. The molecule has 0 aliphatic carbocycles. The second-order valence-electron chi connectivity index (χ2n) is 4.40. The van der Waals surface area contributed by atoms with Gasteiger partial charge in [-0.05, 0) is 41.1 Å². The van der Waals surface area contributed by atoms with Crippen molar-refractivity contribution < 1.29 is 9.21 Å². The second kappa shape index (κ2) is 5.45. The largest absolute Gasteiger partial charge is 0.465 e. The summed E-state index contributed by atoms with van der Waals surface area (Å²) in [7, 11) is 0. The average molecular weight is 263 g/mol. The fraction of sp³-hybridized carbons (Fsp3) is 0. The molecule has 1 aromatic heterocycles. The van der Waals surface area contributed by atoms with Crippen LogP contribution >= 0.6 is 0 Å². The average Bonchev–Trinajstić information content (AvgIpc) is 2.98. The molecule has 0 atom stereocenters. The molecule has 0 fully saturated rings. The molecule has 0 spiro atoms. The third-order valence-corrected chi connectivity index (χ3v) is 2.96. The van der Waals surface area contributed by atoms with Crippen LogP contribution in [0.15, 0.2) is 71.4 Å². The molecule has 1 amide bonds. The number of carbonyl (C=O) groups is 1. The Hall–Kier alpha value is -2.81. The molecule has 0 saturated heterocycles. The van der Waals surface area contributed by atoms with Crippen molar-refractivity contribution in [2.24, 2.45) is 0 Å². The van der Waals surface area contributed by atoms with Crippen LogP contribution in [0.2, 0.25) is 0 Å². The molecule has 0 aliphatic rings. The van der Waals surface area contributed by atoms with Gasteiger partial charge in [-0.3, -0.25) is 4.79 Å². The van der Waals surface area contributed by atoms with E-state index in [-0.39, 0.29) is 5.91 Å². The van der Waals surface area contributed by atoms with Crippen LogP contribution in [-0.2, 0) is 4.79 Å². The van der Waals surface area contributed by atoms with Crippen molar-refractivity contribution in [2.45, 2.75) is 0 Å². The molecule has 3 heteroatoms. The van der Waals surface area contributed by atoms with Gasteiger partial charge in [-0.25, -0.2) is 0 Å². The maximum atomic E-state index is 11.8. The molecule has 20 heavy (non-hydrogen) atoms. The van der Waals surface area contributed by atoms with E-state index in [0.29, 0.717) is 5.76 Å². The number of hydrogen-bond acceptors (Lipinski definition) is 2. The van der Waals surface area contributed by atoms with Crippen LogP contribution in [0.1, 0.15) is 5.76 Å². The highest BCUT2D eigenvalue weighted by molar-refractivity contribution is 6.02. The summed E-state index contributed by atoms with van der Waals surface area (Å²) in [6.07, 6.45) is 4.66. The number of amides is 1. The van der Waals surface area contributed by atoms with Crippen LogP contribution < -0.4 is 5.32 Å². The van der Waals surface area contributed by atoms with Gasteiger partial charge in [-0.2, -0.15) is 0 Å². The van der Waals surface area contributed by atoms with Gasteiger partial charge >= 0.3 is 0 Å². The first-order valence-electron chi connectivity index (χ1n) is 6.33. The van der Waals surface area contributed by atoms with Crippen molar-refractivity contribution in [3.05, 3.63) is 72.7 Å². The van der Waals surface area contributed by atoms with E-state index < -0.39 is 0 Å². The molecule has 2 aromatic carbocycles. The van der Waals surface area contributed by atoms with Gasteiger partial charge in [0.1, 0.15) is 5.76 Å². The number of anilines is 1. The minimum atomic E-state index is -0.184. The summed E-state index contributed by atoms with van der Waals surface area (Å²) in [5, 5.41) is 5.08. The Morgan fingerprint density at radius 1 is 1.00 bits per heavy atom. The Morgan fingerprint density at radius 3 is 2.65 bits per heavy atom. The highest BCUT2D eigenvalue weighted by Crippen LogP contribution is 2.18. The lowest BCUT2D eigenvalue weighted by Gasteiger charge is -2.04. The number of fused-ring (bicyclic) bond motifs is 1. The van der Waals surface area contributed by atoms with Crippen LogP contribution in [0.4, 0.5) is 5.69 Å². The molecule has 0 unspecified atom stereocenters. The second-order valence-corrected chi connectivity index (χ2v) is 4.40. The number of furan rings is 1. The Kier molecular flexibility index (Phi) is 3.33. The van der Waals surface area contributed by atoms with Gasteiger partial charge in [0.2, 0.25) is 5.91 Å². The smallest absolute Gasteiger partial charge is 0.248 e. The summed E-state index contributed by atoms with van der Waals surface area (Å²) in [5.74, 6) is 0.468. The van der Waals surface area contributed by atoms with Gasteiger partial charge in [0.05, 0.1) is 6.26 Å². The zero-order chi connectivity index (χ0) is 13.8. The third-order valence-electron chi connectivity index (χ3n) is 2.96. The Bertz CT molecular complexity index is 758. The zero-order valence-electron chi connectivity index (χ0n) is 10.7. The molecular formula is C17H13NO2. The van der Waals surface area contributed by atoms with Gasteiger partial charge in [0.25, 0.3) is 0 Å². The summed E-state index contributed by atoms with van der Waals surface area (Å²) >= 11 is 0. The molecule has 3 rings (SSSR count). The molecule has 1 heterocycles. The fourth-order valence-electron chi connectivity index (χ4n) is 1.99. The van der Waals surface area contributed by atoms with Gasteiger partial charge in [0.15, 0.2) is 0 Å². The number of hydrogen-bond donors (Lipinski definition) is 1. The van der Waals surface area contributed by atoms with E-state index in [1.807, 2.05) is 42.5 Å². The Morgan fingerprint density at radius 2 is 1.85 bits per heavy atom. The van der Waals surface area contributed by atoms with E-state index in [1.165, 1.54) is 6.08 Å². The monoisotopic (exact) mass is 263 g/mol. The summed E-state index contributed by atoms with van der Waals surface area (Å²) < 4.78 is 5.12. The predicted octanol–water partition coefficient (Wildman–Crippen LogP) is 4.08. The zero-order valence-corrected chi connectivity index (χ0v) is 10.7. The maximum absolute atomic E-state index is 11.8. The van der Waals surface area contributed by atoms with Crippen LogP contribution in [0, 0.1) is 0 Å². The molecule has 98 valence electrons. The topological polar surface area (TPSA) is 42.2 Å². The van der Waals surface area contributed by atoms with Crippen LogP contribution in [-0.4, -0.2) is 5.91 Å². The highest BCUT2D eigenvalue weighted by Gasteiger charge is 2.00. The summed E-state index contributed by atoms with van der Waals surface area (Å²) in [4.78, 5) is 11.8. The fourth-order valence-corrected chi connectivity index (χ4v) is 1.99. The third kappa shape index (κ3) is 2.78. The van der Waals surface area contributed by atoms with Gasteiger partial charge in [-0.15, -0.1) is 0 Å². The first kappa shape index (κ1) is 12.2. The van der Waals surface area contributed by atoms with Crippen LogP contribution in [0.25, 0.3) is 16.8 Å². The quantitative estimate of drug-likeness (QED) is 0.723. The summed E-state index contributed by atoms with van der Waals surface area (Å²) in [5.41, 5.74) is 0.776. The van der Waals surface area contributed by atoms with Crippen molar-refractivity contribution >= 4 is 28.4 Å². The lowest BCUT2D eigenvalue weighted by molar-refractivity contribution is -0.111. The van der Waals surface area contributed by atoms with Gasteiger partial charge in [0, 0.05) is 11.8 Å². The van der Waals surface area contributed by atoms with Crippen LogP contribution in [0.3, 0.4) is 0 Å². The minimum absolute atomic E-state index is 0.184. The normalized spacial score (nSPS) is 11.0. The Balaban J connectivity index is 1.74. The summed E-state index contributed by atoms with van der Waals surface area (Å²) in [6, 6.07) is 17.4. The van der Waals surface area contributed by atoms with Crippen LogP contribution in [0.5, 0.6) is 0 Å². The molecular weight excluding hydrogens is 250 g/mol. The van der Waals surface area contributed by atoms with Gasteiger partial charge < -0.3 is 9.73 Å². The van der Waals surface area contributed by atoms with E-state index in [9.17, 15) is 4.79 Å². The van der Waals surface area contributed by atoms with Crippen molar-refractivity contribution in [1.29, 1.82) is 0 Å². The van der Waals surface area contributed by atoms with E-state index in [1.54, 1.807) is 24.5 Å². The SMILES string of the molecule is O=C(/C=C/c1ccco1)Nc1ccc2ccccc2c1. The molecule has 1 N–H and O–H groups in total. The predicted molar refractivity (Wildman–Crippen MR) is 80.3 cm³/mol.